The van der Waals surface area contributed by atoms with Crippen LogP contribution in [-0.2, 0) is 11.2 Å². The standard InChI is InChI=1S/C12H18F2N4O2/c1-9-10(16-20-15-9)7-11(19)18-5-3-17(4-6-18)8-12(2,13)14/h3-8H2,1-2H3. The van der Waals surface area contributed by atoms with Gasteiger partial charge in [0.15, 0.2) is 0 Å². The van der Waals surface area contributed by atoms with Crippen molar-refractivity contribution in [3.8, 4) is 0 Å². The third-order valence-electron chi connectivity index (χ3n) is 3.29. The first-order chi connectivity index (χ1) is 9.35. The Labute approximate surface area is 115 Å². The number of amides is 1. The summed E-state index contributed by atoms with van der Waals surface area (Å²) in [6.07, 6.45) is 0.138. The number of rotatable bonds is 4. The molecule has 1 aliphatic heterocycles. The summed E-state index contributed by atoms with van der Waals surface area (Å²) in [5, 5.41) is 7.29. The van der Waals surface area contributed by atoms with E-state index in [1.807, 2.05) is 0 Å². The molecule has 1 aromatic rings. The molecule has 0 unspecified atom stereocenters. The second-order valence-corrected chi connectivity index (χ2v) is 5.20. The molecule has 0 atom stereocenters. The Bertz CT molecular complexity index is 464. The lowest BCUT2D eigenvalue weighted by Gasteiger charge is -2.35. The minimum atomic E-state index is -2.70. The van der Waals surface area contributed by atoms with Crippen molar-refractivity contribution in [3.05, 3.63) is 11.4 Å². The van der Waals surface area contributed by atoms with E-state index in [1.165, 1.54) is 0 Å². The summed E-state index contributed by atoms with van der Waals surface area (Å²) >= 11 is 0. The Morgan fingerprint density at radius 3 is 2.45 bits per heavy atom. The minimum Gasteiger partial charge on any atom is -0.340 e. The van der Waals surface area contributed by atoms with Crippen molar-refractivity contribution in [1.82, 2.24) is 20.1 Å². The fourth-order valence-corrected chi connectivity index (χ4v) is 2.21. The molecule has 0 bridgehead atoms. The average molecular weight is 288 g/mol. The number of carbonyl (C=O) groups excluding carboxylic acids is 1. The van der Waals surface area contributed by atoms with E-state index >= 15 is 0 Å². The molecule has 0 aliphatic carbocycles. The molecule has 0 saturated carbocycles. The van der Waals surface area contributed by atoms with Gasteiger partial charge in [-0.15, -0.1) is 0 Å². The third-order valence-corrected chi connectivity index (χ3v) is 3.29. The molecule has 1 fully saturated rings. The predicted molar refractivity (Wildman–Crippen MR) is 66.4 cm³/mol. The molecule has 112 valence electrons. The van der Waals surface area contributed by atoms with Crippen LogP contribution in [0.3, 0.4) is 0 Å². The van der Waals surface area contributed by atoms with E-state index in [-0.39, 0.29) is 18.9 Å². The summed E-state index contributed by atoms with van der Waals surface area (Å²) in [7, 11) is 0. The van der Waals surface area contributed by atoms with Crippen LogP contribution in [0.4, 0.5) is 8.78 Å². The molecule has 0 spiro atoms. The fourth-order valence-electron chi connectivity index (χ4n) is 2.21. The Balaban J connectivity index is 1.82. The van der Waals surface area contributed by atoms with Crippen LogP contribution in [-0.4, -0.2) is 64.7 Å². The molecule has 1 saturated heterocycles. The molecular weight excluding hydrogens is 270 g/mol. The maximum atomic E-state index is 12.9. The average Bonchev–Trinajstić information content (AvgIpc) is 2.74. The summed E-state index contributed by atoms with van der Waals surface area (Å²) in [6.45, 7) is 4.21. The zero-order valence-corrected chi connectivity index (χ0v) is 11.6. The summed E-state index contributed by atoms with van der Waals surface area (Å²) in [4.78, 5) is 15.4. The molecule has 0 aromatic carbocycles. The molecule has 2 rings (SSSR count). The van der Waals surface area contributed by atoms with E-state index in [4.69, 9.17) is 0 Å². The van der Waals surface area contributed by atoms with Crippen LogP contribution in [0.15, 0.2) is 4.63 Å². The Morgan fingerprint density at radius 1 is 1.30 bits per heavy atom. The smallest absolute Gasteiger partial charge is 0.257 e. The first kappa shape index (κ1) is 14.8. The number of alkyl halides is 2. The van der Waals surface area contributed by atoms with Gasteiger partial charge in [-0.25, -0.2) is 13.4 Å². The summed E-state index contributed by atoms with van der Waals surface area (Å²) in [5.74, 6) is -2.78. The third kappa shape index (κ3) is 3.96. The van der Waals surface area contributed by atoms with Crippen molar-refractivity contribution in [1.29, 1.82) is 0 Å². The van der Waals surface area contributed by atoms with Crippen LogP contribution >= 0.6 is 0 Å². The maximum absolute atomic E-state index is 12.9. The molecule has 1 aromatic heterocycles. The number of nitrogens with zero attached hydrogens (tertiary/aromatic N) is 4. The largest absolute Gasteiger partial charge is 0.340 e. The predicted octanol–water partition coefficient (Wildman–Crippen LogP) is 0.720. The van der Waals surface area contributed by atoms with E-state index in [0.717, 1.165) is 6.92 Å². The molecule has 20 heavy (non-hydrogen) atoms. The van der Waals surface area contributed by atoms with Gasteiger partial charge in [0.1, 0.15) is 11.4 Å². The van der Waals surface area contributed by atoms with Gasteiger partial charge >= 0.3 is 0 Å². The molecule has 8 heteroatoms. The van der Waals surface area contributed by atoms with Crippen LogP contribution in [0, 0.1) is 6.92 Å². The van der Waals surface area contributed by atoms with Crippen LogP contribution in [0.5, 0.6) is 0 Å². The molecular formula is C12H18F2N4O2. The number of piperazine rings is 1. The Kier molecular flexibility index (Phi) is 4.32. The lowest BCUT2D eigenvalue weighted by atomic mass is 10.2. The molecule has 1 amide bonds. The van der Waals surface area contributed by atoms with Crippen molar-refractivity contribution in [2.75, 3.05) is 32.7 Å². The van der Waals surface area contributed by atoms with Crippen LogP contribution in [0.25, 0.3) is 0 Å². The van der Waals surface area contributed by atoms with E-state index < -0.39 is 5.92 Å². The van der Waals surface area contributed by atoms with E-state index in [1.54, 1.807) is 16.7 Å². The van der Waals surface area contributed by atoms with Crippen LogP contribution in [0.2, 0.25) is 0 Å². The lowest BCUT2D eigenvalue weighted by Crippen LogP contribution is -2.51. The van der Waals surface area contributed by atoms with E-state index in [9.17, 15) is 13.6 Å². The first-order valence-electron chi connectivity index (χ1n) is 6.51. The van der Waals surface area contributed by atoms with Crippen molar-refractivity contribution >= 4 is 5.91 Å². The fraction of sp³-hybridized carbons (Fsp3) is 0.750. The van der Waals surface area contributed by atoms with Gasteiger partial charge in [0.2, 0.25) is 5.91 Å². The second-order valence-electron chi connectivity index (χ2n) is 5.20. The topological polar surface area (TPSA) is 62.5 Å². The second kappa shape index (κ2) is 5.82. The number of halogens is 2. The highest BCUT2D eigenvalue weighted by Gasteiger charge is 2.29. The number of carbonyl (C=O) groups is 1. The van der Waals surface area contributed by atoms with Gasteiger partial charge < -0.3 is 4.90 Å². The highest BCUT2D eigenvalue weighted by molar-refractivity contribution is 5.78. The van der Waals surface area contributed by atoms with Crippen LogP contribution < -0.4 is 0 Å². The van der Waals surface area contributed by atoms with Crippen molar-refractivity contribution in [2.24, 2.45) is 0 Å². The lowest BCUT2D eigenvalue weighted by molar-refractivity contribution is -0.132. The Morgan fingerprint density at radius 2 is 1.95 bits per heavy atom. The van der Waals surface area contributed by atoms with Gasteiger partial charge in [0.25, 0.3) is 5.92 Å². The number of aryl methyl sites for hydroxylation is 1. The van der Waals surface area contributed by atoms with Crippen molar-refractivity contribution < 1.29 is 18.2 Å². The van der Waals surface area contributed by atoms with Gasteiger partial charge in [-0.1, -0.05) is 10.3 Å². The van der Waals surface area contributed by atoms with E-state index in [2.05, 4.69) is 14.9 Å². The SMILES string of the molecule is Cc1nonc1CC(=O)N1CCN(CC(C)(F)F)CC1. The summed E-state index contributed by atoms with van der Waals surface area (Å²) < 4.78 is 30.4. The molecule has 1 aliphatic rings. The highest BCUT2D eigenvalue weighted by Crippen LogP contribution is 2.15. The normalized spacial score (nSPS) is 17.5. The molecule has 0 radical (unpaired) electrons. The van der Waals surface area contributed by atoms with E-state index in [0.29, 0.717) is 37.6 Å². The van der Waals surface area contributed by atoms with Crippen molar-refractivity contribution in [2.45, 2.75) is 26.2 Å². The molecule has 6 nitrogen and oxygen atoms in total. The maximum Gasteiger partial charge on any atom is 0.257 e. The van der Waals surface area contributed by atoms with Crippen LogP contribution in [0.1, 0.15) is 18.3 Å². The quantitative estimate of drug-likeness (QED) is 0.817. The molecule has 0 N–H and O–H groups in total. The first-order valence-corrected chi connectivity index (χ1v) is 6.51. The highest BCUT2D eigenvalue weighted by atomic mass is 19.3. The van der Waals surface area contributed by atoms with Gasteiger partial charge in [-0.3, -0.25) is 9.69 Å². The van der Waals surface area contributed by atoms with Gasteiger partial charge in [0.05, 0.1) is 13.0 Å². The zero-order valence-electron chi connectivity index (χ0n) is 11.6. The zero-order chi connectivity index (χ0) is 14.8. The number of hydrogen-bond donors (Lipinski definition) is 0. The van der Waals surface area contributed by atoms with Gasteiger partial charge in [-0.2, -0.15) is 0 Å². The molecule has 2 heterocycles. The number of aromatic nitrogens is 2. The van der Waals surface area contributed by atoms with Gasteiger partial charge in [-0.05, 0) is 6.92 Å². The monoisotopic (exact) mass is 288 g/mol. The summed E-state index contributed by atoms with van der Waals surface area (Å²) in [5.41, 5.74) is 1.13. The number of hydrogen-bond acceptors (Lipinski definition) is 5. The van der Waals surface area contributed by atoms with Crippen molar-refractivity contribution in [3.63, 3.8) is 0 Å². The minimum absolute atomic E-state index is 0.0771. The Hall–Kier alpha value is -1.57. The van der Waals surface area contributed by atoms with Gasteiger partial charge in [0, 0.05) is 33.1 Å². The summed E-state index contributed by atoms with van der Waals surface area (Å²) in [6, 6.07) is 0.